The molecule has 8 heteroatoms. The second-order valence-corrected chi connectivity index (χ2v) is 5.35. The zero-order valence-electron chi connectivity index (χ0n) is 14.5. The lowest BCUT2D eigenvalue weighted by Crippen LogP contribution is -2.51. The average molecular weight is 350 g/mol. The van der Waals surface area contributed by atoms with Crippen LogP contribution >= 0.6 is 0 Å². The van der Waals surface area contributed by atoms with Gasteiger partial charge in [-0.1, -0.05) is 6.58 Å². The highest BCUT2D eigenvalue weighted by molar-refractivity contribution is 5.85. The summed E-state index contributed by atoms with van der Waals surface area (Å²) in [5.74, 6) is -0.248. The predicted octanol–water partition coefficient (Wildman–Crippen LogP) is 1.38. The van der Waals surface area contributed by atoms with Crippen molar-refractivity contribution >= 4 is 12.0 Å². The normalized spacial score (nSPS) is 19.6. The van der Waals surface area contributed by atoms with Crippen LogP contribution in [-0.4, -0.2) is 46.5 Å². The third-order valence-electron chi connectivity index (χ3n) is 3.83. The van der Waals surface area contributed by atoms with Crippen LogP contribution < -0.4 is 20.1 Å². The molecular weight excluding hydrogens is 328 g/mol. The molecule has 1 aliphatic heterocycles. The summed E-state index contributed by atoms with van der Waals surface area (Å²) in [7, 11) is 4.56. The van der Waals surface area contributed by atoms with Crippen LogP contribution in [0, 0.1) is 5.92 Å². The Morgan fingerprint density at radius 3 is 2.60 bits per heavy atom. The molecule has 0 aliphatic carbocycles. The molecule has 0 radical (unpaired) electrons. The highest BCUT2D eigenvalue weighted by Crippen LogP contribution is 2.37. The van der Waals surface area contributed by atoms with Crippen LogP contribution in [0.4, 0.5) is 4.79 Å². The largest absolute Gasteiger partial charge is 0.497 e. The number of ether oxygens (including phenoxy) is 4. The molecule has 2 atom stereocenters. The molecule has 1 saturated heterocycles. The fourth-order valence-electron chi connectivity index (χ4n) is 2.61. The van der Waals surface area contributed by atoms with Crippen molar-refractivity contribution < 1.29 is 28.5 Å². The van der Waals surface area contributed by atoms with Gasteiger partial charge < -0.3 is 29.6 Å². The molecule has 1 heterocycles. The Morgan fingerprint density at radius 2 is 1.96 bits per heavy atom. The van der Waals surface area contributed by atoms with Crippen molar-refractivity contribution in [2.45, 2.75) is 6.04 Å². The maximum atomic E-state index is 12.5. The van der Waals surface area contributed by atoms with Crippen molar-refractivity contribution in [2.75, 3.05) is 34.5 Å². The van der Waals surface area contributed by atoms with E-state index in [1.807, 2.05) is 0 Å². The molecule has 1 aromatic rings. The minimum absolute atomic E-state index is 0.111. The van der Waals surface area contributed by atoms with Crippen LogP contribution in [0.3, 0.4) is 0 Å². The van der Waals surface area contributed by atoms with Crippen LogP contribution in [0.25, 0.3) is 0 Å². The summed E-state index contributed by atoms with van der Waals surface area (Å²) in [4.78, 5) is 24.4. The van der Waals surface area contributed by atoms with Gasteiger partial charge in [0.2, 0.25) is 0 Å². The molecule has 2 N–H and O–H groups in total. The highest BCUT2D eigenvalue weighted by Gasteiger charge is 2.40. The second kappa shape index (κ2) is 8.39. The quantitative estimate of drug-likeness (QED) is 0.570. The summed E-state index contributed by atoms with van der Waals surface area (Å²) in [5, 5.41) is 5.25. The number of carbonyl (C=O) groups is 2. The van der Waals surface area contributed by atoms with E-state index in [-0.39, 0.29) is 18.9 Å². The lowest BCUT2D eigenvalue weighted by Gasteiger charge is -2.33. The zero-order valence-corrected chi connectivity index (χ0v) is 14.5. The van der Waals surface area contributed by atoms with Crippen molar-refractivity contribution in [3.8, 4) is 11.5 Å². The standard InChI is InChI=1S/C17H22N2O6/c1-10-14(16(20)25-8-7-22-2)15(19-17(21)18-10)12-6-5-11(23-3)9-13(12)24-4/h5-6,9,14-15H,1,7-8H2,2-4H3,(H2,18,19,21)/t14-,15+/m1/s1. The summed E-state index contributed by atoms with van der Waals surface area (Å²) in [6, 6.07) is 4.00. The van der Waals surface area contributed by atoms with Crippen LogP contribution in [-0.2, 0) is 14.3 Å². The molecule has 0 aromatic heterocycles. The van der Waals surface area contributed by atoms with Crippen molar-refractivity contribution in [1.29, 1.82) is 0 Å². The minimum Gasteiger partial charge on any atom is -0.497 e. The van der Waals surface area contributed by atoms with E-state index in [1.165, 1.54) is 14.2 Å². The van der Waals surface area contributed by atoms with Crippen LogP contribution in [0.1, 0.15) is 11.6 Å². The van der Waals surface area contributed by atoms with Gasteiger partial charge in [-0.05, 0) is 12.1 Å². The van der Waals surface area contributed by atoms with E-state index < -0.39 is 24.0 Å². The molecule has 1 fully saturated rings. The molecule has 8 nitrogen and oxygen atoms in total. The SMILES string of the molecule is C=C1NC(=O)N[C@@H](c2ccc(OC)cc2OC)[C@@H]1C(=O)OCCOC. The predicted molar refractivity (Wildman–Crippen MR) is 89.4 cm³/mol. The topological polar surface area (TPSA) is 95.1 Å². The Hall–Kier alpha value is -2.74. The molecule has 25 heavy (non-hydrogen) atoms. The van der Waals surface area contributed by atoms with Crippen molar-refractivity contribution in [3.05, 3.63) is 36.0 Å². The lowest BCUT2D eigenvalue weighted by molar-refractivity contribution is -0.149. The summed E-state index contributed by atoms with van der Waals surface area (Å²) < 4.78 is 20.7. The number of hydrogen-bond donors (Lipinski definition) is 2. The van der Waals surface area contributed by atoms with E-state index in [4.69, 9.17) is 18.9 Å². The molecular formula is C17H22N2O6. The molecule has 2 amide bonds. The number of rotatable bonds is 7. The number of amides is 2. The Balaban J connectivity index is 2.35. The summed E-state index contributed by atoms with van der Waals surface area (Å²) in [5.41, 5.74) is 0.877. The van der Waals surface area contributed by atoms with Crippen molar-refractivity contribution in [1.82, 2.24) is 10.6 Å². The number of carbonyl (C=O) groups excluding carboxylic acids is 2. The fraction of sp³-hybridized carbons (Fsp3) is 0.412. The number of methoxy groups -OCH3 is 3. The monoisotopic (exact) mass is 350 g/mol. The van der Waals surface area contributed by atoms with Gasteiger partial charge in [0.05, 0.1) is 26.9 Å². The molecule has 0 unspecified atom stereocenters. The summed E-state index contributed by atoms with van der Waals surface area (Å²) >= 11 is 0. The van der Waals surface area contributed by atoms with Crippen LogP contribution in [0.5, 0.6) is 11.5 Å². The van der Waals surface area contributed by atoms with Crippen molar-refractivity contribution in [3.63, 3.8) is 0 Å². The van der Waals surface area contributed by atoms with E-state index >= 15 is 0 Å². The van der Waals surface area contributed by atoms with E-state index in [0.29, 0.717) is 17.1 Å². The first-order valence-electron chi connectivity index (χ1n) is 7.65. The van der Waals surface area contributed by atoms with E-state index in [0.717, 1.165) is 0 Å². The first-order valence-corrected chi connectivity index (χ1v) is 7.65. The number of esters is 1. The number of hydrogen-bond acceptors (Lipinski definition) is 6. The van der Waals surface area contributed by atoms with Gasteiger partial charge in [-0.15, -0.1) is 0 Å². The third-order valence-corrected chi connectivity index (χ3v) is 3.83. The maximum Gasteiger partial charge on any atom is 0.319 e. The zero-order chi connectivity index (χ0) is 18.4. The maximum absolute atomic E-state index is 12.5. The van der Waals surface area contributed by atoms with E-state index in [1.54, 1.807) is 25.3 Å². The van der Waals surface area contributed by atoms with Gasteiger partial charge in [0.15, 0.2) is 0 Å². The number of urea groups is 1. The highest BCUT2D eigenvalue weighted by atomic mass is 16.6. The summed E-state index contributed by atoms with van der Waals surface area (Å²) in [6.07, 6.45) is 0. The molecule has 1 aliphatic rings. The van der Waals surface area contributed by atoms with Gasteiger partial charge in [0, 0.05) is 24.4 Å². The number of nitrogens with one attached hydrogen (secondary N) is 2. The molecule has 0 spiro atoms. The fourth-order valence-corrected chi connectivity index (χ4v) is 2.61. The van der Waals surface area contributed by atoms with Gasteiger partial charge in [-0.3, -0.25) is 4.79 Å². The molecule has 2 rings (SSSR count). The minimum atomic E-state index is -0.808. The van der Waals surface area contributed by atoms with Gasteiger partial charge in [-0.25, -0.2) is 4.79 Å². The summed E-state index contributed by atoms with van der Waals surface area (Å²) in [6.45, 7) is 4.18. The smallest absolute Gasteiger partial charge is 0.319 e. The Morgan fingerprint density at radius 1 is 1.20 bits per heavy atom. The first kappa shape index (κ1) is 18.6. The van der Waals surface area contributed by atoms with Gasteiger partial charge in [0.25, 0.3) is 0 Å². The second-order valence-electron chi connectivity index (χ2n) is 5.35. The lowest BCUT2D eigenvalue weighted by atomic mass is 9.88. The van der Waals surface area contributed by atoms with Gasteiger partial charge >= 0.3 is 12.0 Å². The Labute approximate surface area is 146 Å². The van der Waals surface area contributed by atoms with E-state index in [9.17, 15) is 9.59 Å². The average Bonchev–Trinajstić information content (AvgIpc) is 2.60. The van der Waals surface area contributed by atoms with Crippen molar-refractivity contribution in [2.24, 2.45) is 5.92 Å². The van der Waals surface area contributed by atoms with Gasteiger partial charge in [-0.2, -0.15) is 0 Å². The first-order chi connectivity index (χ1) is 12.0. The molecule has 136 valence electrons. The van der Waals surface area contributed by atoms with Crippen LogP contribution in [0.15, 0.2) is 30.5 Å². The molecule has 0 bridgehead atoms. The third kappa shape index (κ3) is 4.21. The van der Waals surface area contributed by atoms with Crippen LogP contribution in [0.2, 0.25) is 0 Å². The number of benzene rings is 1. The molecule has 1 aromatic carbocycles. The van der Waals surface area contributed by atoms with Gasteiger partial charge in [0.1, 0.15) is 24.0 Å². The Bertz CT molecular complexity index is 661. The molecule has 0 saturated carbocycles. The Kier molecular flexibility index (Phi) is 6.24. The van der Waals surface area contributed by atoms with E-state index in [2.05, 4.69) is 17.2 Å².